The zero-order valence-corrected chi connectivity index (χ0v) is 52.9. The first-order chi connectivity index (χ1) is 42.8. The van der Waals surface area contributed by atoms with Gasteiger partial charge in [0.25, 0.3) is 0 Å². The standard InChI is InChI=1S/C69H115NO18/c1-3-5-7-9-11-13-15-17-19-21-23-24-25-26-27-29-30-32-34-36-38-40-42-44-46-53(74)52(70-57(75)47-45-43-41-39-37-35-33-31-28-22-20-18-16-14-12-10-8-6-4-2)51-83-67-63(81)60(78)65(55(49-72)85-67)88-69-64(82)61(79)66(56(50-73)86-69)87-68-62(80)59(77)58(76)54(48-71)84-68/h6,8,12,14,18,20,28-31,35-38,41,43-44,46,52-56,58-69,71-74,76-82H,3-5,7,9-11,13,15-17,19,21-27,32-34,39-40,42,45,47-51H2,1-2H3,(H,70,75)/b8-6-,14-12-,20-18-,30-29+,31-28-,37-35-,38-36+,43-41-,46-44+. The minimum absolute atomic E-state index is 0.100. The Labute approximate surface area is 525 Å². The maximum atomic E-state index is 13.3. The SMILES string of the molecule is CC/C=C\C/C=C\C/C=C\C/C=C\C/C=C\C/C=C\CCC(=O)NC(COC1OC(CO)C(OC2OC(CO)C(OC3OC(CO)C(O)C(O)C3O)C(O)C2O)C(O)C1O)C(O)/C=C/CC/C=C/CC/C=C/CCCCCCCCCCCCCCCC. The van der Waals surface area contributed by atoms with Crippen LogP contribution in [0.2, 0.25) is 0 Å². The van der Waals surface area contributed by atoms with E-state index in [1.807, 2.05) is 18.2 Å². The third kappa shape index (κ3) is 32.1. The lowest BCUT2D eigenvalue weighted by Crippen LogP contribution is -2.66. The Bertz CT molecular complexity index is 2020. The molecule has 88 heavy (non-hydrogen) atoms. The Balaban J connectivity index is 1.51. The molecule has 3 aliphatic rings. The van der Waals surface area contributed by atoms with Gasteiger partial charge < -0.3 is 89.9 Å². The van der Waals surface area contributed by atoms with E-state index >= 15 is 0 Å². The second-order valence-corrected chi connectivity index (χ2v) is 23.2. The lowest BCUT2D eigenvalue weighted by molar-refractivity contribution is -0.379. The highest BCUT2D eigenvalue weighted by atomic mass is 16.8. The maximum Gasteiger partial charge on any atom is 0.220 e. The quantitative estimate of drug-likeness (QED) is 0.0204. The van der Waals surface area contributed by atoms with Crippen molar-refractivity contribution in [3.63, 3.8) is 0 Å². The number of amides is 1. The van der Waals surface area contributed by atoms with Gasteiger partial charge in [0.05, 0.1) is 38.6 Å². The number of ether oxygens (including phenoxy) is 6. The molecule has 0 aromatic carbocycles. The van der Waals surface area contributed by atoms with Gasteiger partial charge in [-0.15, -0.1) is 0 Å². The van der Waals surface area contributed by atoms with E-state index in [0.29, 0.717) is 19.3 Å². The van der Waals surface area contributed by atoms with Crippen LogP contribution in [0.1, 0.15) is 187 Å². The highest BCUT2D eigenvalue weighted by molar-refractivity contribution is 5.76. The van der Waals surface area contributed by atoms with E-state index in [9.17, 15) is 61.0 Å². The Kier molecular flexibility index (Phi) is 44.8. The highest BCUT2D eigenvalue weighted by Crippen LogP contribution is 2.33. The molecule has 3 aliphatic heterocycles. The predicted octanol–water partition coefficient (Wildman–Crippen LogP) is 7.88. The summed E-state index contributed by atoms with van der Waals surface area (Å²) in [6, 6.07) is -1.05. The summed E-state index contributed by atoms with van der Waals surface area (Å²) in [5.41, 5.74) is 0. The van der Waals surface area contributed by atoms with Crippen LogP contribution in [-0.2, 0) is 33.2 Å². The van der Waals surface area contributed by atoms with Gasteiger partial charge in [-0.25, -0.2) is 0 Å². The second kappa shape index (κ2) is 50.1. The fraction of sp³-hybridized carbons (Fsp3) is 0.725. The molecule has 17 unspecified atom stereocenters. The monoisotopic (exact) mass is 1250 g/mol. The predicted molar refractivity (Wildman–Crippen MR) is 341 cm³/mol. The number of aliphatic hydroxyl groups is 11. The zero-order valence-electron chi connectivity index (χ0n) is 52.9. The van der Waals surface area contributed by atoms with Gasteiger partial charge in [-0.2, -0.15) is 0 Å². The normalized spacial score (nSPS) is 29.1. The van der Waals surface area contributed by atoms with Crippen molar-refractivity contribution in [3.05, 3.63) is 109 Å². The zero-order chi connectivity index (χ0) is 64.0. The molecule has 504 valence electrons. The molecular weight excluding hydrogens is 1130 g/mol. The number of carbonyl (C=O) groups is 1. The van der Waals surface area contributed by atoms with Crippen LogP contribution in [0.4, 0.5) is 0 Å². The van der Waals surface area contributed by atoms with Gasteiger partial charge >= 0.3 is 0 Å². The lowest BCUT2D eigenvalue weighted by atomic mass is 9.96. The van der Waals surface area contributed by atoms with Crippen molar-refractivity contribution in [1.29, 1.82) is 0 Å². The van der Waals surface area contributed by atoms with Gasteiger partial charge in [-0.3, -0.25) is 4.79 Å². The van der Waals surface area contributed by atoms with Gasteiger partial charge in [0.1, 0.15) is 73.2 Å². The van der Waals surface area contributed by atoms with E-state index in [-0.39, 0.29) is 12.3 Å². The molecule has 0 radical (unpaired) electrons. The minimum Gasteiger partial charge on any atom is -0.394 e. The largest absolute Gasteiger partial charge is 0.394 e. The van der Waals surface area contributed by atoms with Crippen LogP contribution in [0.5, 0.6) is 0 Å². The molecule has 3 fully saturated rings. The Morgan fingerprint density at radius 2 is 0.795 bits per heavy atom. The Hall–Kier alpha value is -3.55. The molecule has 0 bridgehead atoms. The fourth-order valence-corrected chi connectivity index (χ4v) is 10.4. The smallest absolute Gasteiger partial charge is 0.220 e. The molecule has 19 nitrogen and oxygen atoms in total. The molecule has 0 aromatic rings. The number of nitrogens with one attached hydrogen (secondary N) is 1. The number of aliphatic hydroxyl groups excluding tert-OH is 11. The maximum absolute atomic E-state index is 13.3. The third-order valence-electron chi connectivity index (χ3n) is 15.8. The Morgan fingerprint density at radius 3 is 1.26 bits per heavy atom. The van der Waals surface area contributed by atoms with E-state index in [4.69, 9.17) is 28.4 Å². The highest BCUT2D eigenvalue weighted by Gasteiger charge is 2.53. The first-order valence-corrected chi connectivity index (χ1v) is 33.1. The van der Waals surface area contributed by atoms with Crippen molar-refractivity contribution >= 4 is 5.91 Å². The molecule has 3 saturated heterocycles. The molecule has 3 rings (SSSR count). The number of hydrogen-bond acceptors (Lipinski definition) is 18. The molecule has 0 aliphatic carbocycles. The summed E-state index contributed by atoms with van der Waals surface area (Å²) in [7, 11) is 0. The molecule has 19 heteroatoms. The van der Waals surface area contributed by atoms with Gasteiger partial charge in [0.15, 0.2) is 18.9 Å². The summed E-state index contributed by atoms with van der Waals surface area (Å²) in [4.78, 5) is 13.3. The number of carbonyl (C=O) groups excluding carboxylic acids is 1. The second-order valence-electron chi connectivity index (χ2n) is 23.2. The minimum atomic E-state index is -1.99. The van der Waals surface area contributed by atoms with Gasteiger partial charge in [0, 0.05) is 6.42 Å². The molecule has 17 atom stereocenters. The van der Waals surface area contributed by atoms with E-state index < -0.39 is 131 Å². The van der Waals surface area contributed by atoms with Crippen LogP contribution in [-0.4, -0.2) is 193 Å². The van der Waals surface area contributed by atoms with Crippen LogP contribution in [0.25, 0.3) is 0 Å². The molecular formula is C69H115NO18. The summed E-state index contributed by atoms with van der Waals surface area (Å²) >= 11 is 0. The Morgan fingerprint density at radius 1 is 0.420 bits per heavy atom. The van der Waals surface area contributed by atoms with Crippen LogP contribution < -0.4 is 5.32 Å². The average molecular weight is 1250 g/mol. The molecule has 12 N–H and O–H groups in total. The number of hydrogen-bond donors (Lipinski definition) is 12. The van der Waals surface area contributed by atoms with Crippen molar-refractivity contribution in [1.82, 2.24) is 5.32 Å². The van der Waals surface area contributed by atoms with Crippen LogP contribution in [0.3, 0.4) is 0 Å². The van der Waals surface area contributed by atoms with Crippen LogP contribution in [0, 0.1) is 0 Å². The number of unbranched alkanes of at least 4 members (excludes halogenated alkanes) is 16. The van der Waals surface area contributed by atoms with E-state index in [1.165, 1.54) is 89.9 Å². The van der Waals surface area contributed by atoms with E-state index in [2.05, 4.69) is 104 Å². The first-order valence-electron chi connectivity index (χ1n) is 33.1. The molecule has 0 spiro atoms. The summed E-state index contributed by atoms with van der Waals surface area (Å²) < 4.78 is 34.2. The van der Waals surface area contributed by atoms with Gasteiger partial charge in [-0.05, 0) is 83.5 Å². The summed E-state index contributed by atoms with van der Waals surface area (Å²) in [6.07, 6.45) is 39.4. The third-order valence-corrected chi connectivity index (χ3v) is 15.8. The summed E-state index contributed by atoms with van der Waals surface area (Å²) in [6.45, 7) is 1.52. The first kappa shape index (κ1) is 78.7. The van der Waals surface area contributed by atoms with Crippen LogP contribution in [0.15, 0.2) is 109 Å². The topological polar surface area (TPSA) is 307 Å². The van der Waals surface area contributed by atoms with E-state index in [0.717, 1.165) is 57.8 Å². The number of rotatable bonds is 48. The molecule has 0 aromatic heterocycles. The molecule has 1 amide bonds. The van der Waals surface area contributed by atoms with Gasteiger partial charge in [0.2, 0.25) is 5.91 Å². The molecule has 0 saturated carbocycles. The van der Waals surface area contributed by atoms with Crippen molar-refractivity contribution in [2.24, 2.45) is 0 Å². The van der Waals surface area contributed by atoms with Gasteiger partial charge in [-0.1, -0.05) is 207 Å². The summed E-state index contributed by atoms with van der Waals surface area (Å²) in [5, 5.41) is 120. The average Bonchev–Trinajstić information content (AvgIpc) is 3.71. The van der Waals surface area contributed by atoms with Crippen molar-refractivity contribution in [2.45, 2.75) is 291 Å². The fourth-order valence-electron chi connectivity index (χ4n) is 10.4. The van der Waals surface area contributed by atoms with Crippen molar-refractivity contribution in [2.75, 3.05) is 26.4 Å². The van der Waals surface area contributed by atoms with Crippen molar-refractivity contribution < 1.29 is 89.4 Å². The van der Waals surface area contributed by atoms with Crippen molar-refractivity contribution in [3.8, 4) is 0 Å². The van der Waals surface area contributed by atoms with E-state index in [1.54, 1.807) is 6.08 Å². The molecule has 3 heterocycles. The number of allylic oxidation sites excluding steroid dienone is 17. The lowest BCUT2D eigenvalue weighted by Gasteiger charge is -2.48. The summed E-state index contributed by atoms with van der Waals surface area (Å²) in [5.74, 6) is -0.376. The van der Waals surface area contributed by atoms with Crippen LogP contribution >= 0.6 is 0 Å².